The van der Waals surface area contributed by atoms with Crippen LogP contribution in [-0.4, -0.2) is 34.3 Å². The van der Waals surface area contributed by atoms with E-state index < -0.39 is 0 Å². The van der Waals surface area contributed by atoms with Crippen molar-refractivity contribution in [2.75, 3.05) is 17.6 Å². The average molecular weight is 396 g/mol. The number of nitrogens with one attached hydrogen (secondary N) is 2. The van der Waals surface area contributed by atoms with Crippen LogP contribution in [0.3, 0.4) is 0 Å². The van der Waals surface area contributed by atoms with E-state index >= 15 is 0 Å². The zero-order chi connectivity index (χ0) is 19.9. The van der Waals surface area contributed by atoms with Gasteiger partial charge >= 0.3 is 0 Å². The smallest absolute Gasteiger partial charge is 0.277 e. The summed E-state index contributed by atoms with van der Waals surface area (Å²) in [5.74, 6) is 0.120. The number of rotatable bonds is 7. The molecule has 0 radical (unpaired) electrons. The Morgan fingerprint density at radius 2 is 1.89 bits per heavy atom. The predicted octanol–water partition coefficient (Wildman–Crippen LogP) is 3.53. The molecule has 0 aliphatic rings. The highest BCUT2D eigenvalue weighted by Gasteiger charge is 2.12. The number of amides is 2. The summed E-state index contributed by atoms with van der Waals surface area (Å²) in [6.07, 6.45) is 0. The minimum Gasteiger partial charge on any atom is -0.411 e. The highest BCUT2D eigenvalue weighted by molar-refractivity contribution is 7.99. The van der Waals surface area contributed by atoms with Gasteiger partial charge < -0.3 is 15.1 Å². The first-order valence-corrected chi connectivity index (χ1v) is 9.75. The Morgan fingerprint density at radius 3 is 2.64 bits per heavy atom. The van der Waals surface area contributed by atoms with Crippen molar-refractivity contribution < 1.29 is 14.0 Å². The first-order valence-electron chi connectivity index (χ1n) is 8.76. The van der Waals surface area contributed by atoms with Gasteiger partial charge in [-0.2, -0.15) is 0 Å². The Morgan fingerprint density at radius 1 is 1.11 bits per heavy atom. The van der Waals surface area contributed by atoms with Crippen molar-refractivity contribution in [1.29, 1.82) is 0 Å². The molecular formula is C20H20N4O3S. The van der Waals surface area contributed by atoms with Crippen molar-refractivity contribution >= 4 is 29.3 Å². The third-order valence-electron chi connectivity index (χ3n) is 3.78. The Bertz CT molecular complexity index is 970. The van der Waals surface area contributed by atoms with E-state index in [9.17, 15) is 9.59 Å². The molecule has 0 bridgehead atoms. The lowest BCUT2D eigenvalue weighted by Gasteiger charge is -2.07. The number of aromatic nitrogens is 2. The minimum absolute atomic E-state index is 0.112. The number of anilines is 1. The second-order valence-corrected chi connectivity index (χ2v) is 6.94. The fourth-order valence-corrected chi connectivity index (χ4v) is 2.97. The quantitative estimate of drug-likeness (QED) is 0.593. The molecule has 144 valence electrons. The van der Waals surface area contributed by atoms with Crippen molar-refractivity contribution in [3.63, 3.8) is 0 Å². The van der Waals surface area contributed by atoms with Crippen molar-refractivity contribution in [2.45, 2.75) is 19.1 Å². The van der Waals surface area contributed by atoms with Crippen LogP contribution in [0.15, 0.2) is 58.2 Å². The molecule has 8 heteroatoms. The maximum absolute atomic E-state index is 12.2. The molecule has 0 unspecified atom stereocenters. The molecule has 0 saturated carbocycles. The second-order valence-electron chi connectivity index (χ2n) is 6.02. The van der Waals surface area contributed by atoms with Crippen LogP contribution in [0.1, 0.15) is 22.8 Å². The van der Waals surface area contributed by atoms with Gasteiger partial charge in [-0.1, -0.05) is 35.5 Å². The van der Waals surface area contributed by atoms with Crippen molar-refractivity contribution in [2.24, 2.45) is 0 Å². The summed E-state index contributed by atoms with van der Waals surface area (Å²) in [5, 5.41) is 13.8. The predicted molar refractivity (Wildman–Crippen MR) is 108 cm³/mol. The molecule has 2 N–H and O–H groups in total. The molecule has 7 nitrogen and oxygen atoms in total. The molecule has 28 heavy (non-hydrogen) atoms. The van der Waals surface area contributed by atoms with Crippen LogP contribution < -0.4 is 10.6 Å². The fourth-order valence-electron chi connectivity index (χ4n) is 2.41. The lowest BCUT2D eigenvalue weighted by Crippen LogP contribution is -2.23. The third kappa shape index (κ3) is 5.20. The number of hydrogen-bond acceptors (Lipinski definition) is 6. The van der Waals surface area contributed by atoms with Crippen LogP contribution in [0.4, 0.5) is 5.69 Å². The molecule has 1 aromatic heterocycles. The molecule has 3 rings (SSSR count). The number of benzene rings is 2. The van der Waals surface area contributed by atoms with E-state index in [1.807, 2.05) is 38.1 Å². The van der Waals surface area contributed by atoms with Crippen molar-refractivity contribution in [3.8, 4) is 11.5 Å². The summed E-state index contributed by atoms with van der Waals surface area (Å²) in [5.41, 5.74) is 3.02. The van der Waals surface area contributed by atoms with Crippen LogP contribution in [0.5, 0.6) is 0 Å². The van der Waals surface area contributed by atoms with Gasteiger partial charge in [0.25, 0.3) is 11.1 Å². The van der Waals surface area contributed by atoms with Gasteiger partial charge in [0.15, 0.2) is 0 Å². The number of hydrogen-bond donors (Lipinski definition) is 2. The molecule has 0 fully saturated rings. The van der Waals surface area contributed by atoms with Crippen LogP contribution >= 0.6 is 11.8 Å². The molecular weight excluding hydrogens is 376 g/mol. The number of nitrogens with zero attached hydrogens (tertiary/aromatic N) is 2. The zero-order valence-corrected chi connectivity index (χ0v) is 16.4. The maximum atomic E-state index is 12.2. The van der Waals surface area contributed by atoms with Gasteiger partial charge in [0, 0.05) is 23.4 Å². The van der Waals surface area contributed by atoms with E-state index in [-0.39, 0.29) is 17.6 Å². The first-order chi connectivity index (χ1) is 13.5. The SMILES string of the molecule is CCNC(=O)c1cccc(NC(=O)CSc2nnc(-c3ccc(C)cc3)o2)c1. The van der Waals surface area contributed by atoms with E-state index in [2.05, 4.69) is 20.8 Å². The number of aryl methyl sites for hydroxylation is 1. The second kappa shape index (κ2) is 9.18. The lowest BCUT2D eigenvalue weighted by molar-refractivity contribution is -0.113. The maximum Gasteiger partial charge on any atom is 0.277 e. The van der Waals surface area contributed by atoms with Crippen LogP contribution in [0.25, 0.3) is 11.5 Å². The van der Waals surface area contributed by atoms with Crippen LogP contribution in [0.2, 0.25) is 0 Å². The van der Waals surface area contributed by atoms with E-state index in [1.54, 1.807) is 24.3 Å². The topological polar surface area (TPSA) is 97.1 Å². The fraction of sp³-hybridized carbons (Fsp3) is 0.200. The van der Waals surface area contributed by atoms with Crippen LogP contribution in [0, 0.1) is 6.92 Å². The summed E-state index contributed by atoms with van der Waals surface area (Å²) >= 11 is 1.15. The molecule has 3 aromatic rings. The normalized spacial score (nSPS) is 10.5. The van der Waals surface area contributed by atoms with E-state index in [1.165, 1.54) is 0 Å². The molecule has 0 saturated heterocycles. The third-order valence-corrected chi connectivity index (χ3v) is 4.60. The summed E-state index contributed by atoms with van der Waals surface area (Å²) in [7, 11) is 0. The van der Waals surface area contributed by atoms with E-state index in [0.29, 0.717) is 28.9 Å². The monoisotopic (exact) mass is 396 g/mol. The molecule has 0 aliphatic carbocycles. The van der Waals surface area contributed by atoms with Gasteiger partial charge in [0.05, 0.1) is 5.75 Å². The van der Waals surface area contributed by atoms with Gasteiger partial charge in [0.1, 0.15) is 0 Å². The Hall–Kier alpha value is -3.13. The molecule has 2 amide bonds. The molecule has 2 aromatic carbocycles. The van der Waals surface area contributed by atoms with Crippen molar-refractivity contribution in [1.82, 2.24) is 15.5 Å². The lowest BCUT2D eigenvalue weighted by atomic mass is 10.1. The van der Waals surface area contributed by atoms with Crippen molar-refractivity contribution in [3.05, 3.63) is 59.7 Å². The first kappa shape index (κ1) is 19.6. The minimum atomic E-state index is -0.229. The molecule has 0 atom stereocenters. The summed E-state index contributed by atoms with van der Waals surface area (Å²) in [4.78, 5) is 24.1. The number of carbonyl (C=O) groups excluding carboxylic acids is 2. The Balaban J connectivity index is 1.56. The average Bonchev–Trinajstić information content (AvgIpc) is 3.16. The number of carbonyl (C=O) groups is 2. The summed E-state index contributed by atoms with van der Waals surface area (Å²) in [6.45, 7) is 4.40. The van der Waals surface area contributed by atoms with E-state index in [0.717, 1.165) is 22.9 Å². The highest BCUT2D eigenvalue weighted by Crippen LogP contribution is 2.23. The largest absolute Gasteiger partial charge is 0.411 e. The van der Waals surface area contributed by atoms with Gasteiger partial charge in [0.2, 0.25) is 11.8 Å². The summed E-state index contributed by atoms with van der Waals surface area (Å²) in [6, 6.07) is 14.5. The molecule has 0 aliphatic heterocycles. The summed E-state index contributed by atoms with van der Waals surface area (Å²) < 4.78 is 5.60. The standard InChI is InChI=1S/C20H20N4O3S/c1-3-21-18(26)15-5-4-6-16(11-15)22-17(25)12-28-20-24-23-19(27-20)14-9-7-13(2)8-10-14/h4-11H,3,12H2,1-2H3,(H,21,26)(H,22,25). The van der Waals surface area contributed by atoms with Gasteiger partial charge in [-0.05, 0) is 44.2 Å². The van der Waals surface area contributed by atoms with Gasteiger partial charge in [-0.15, -0.1) is 10.2 Å². The Kier molecular flexibility index (Phi) is 6.44. The Labute approximate surface area is 166 Å². The van der Waals surface area contributed by atoms with E-state index in [4.69, 9.17) is 4.42 Å². The molecule has 1 heterocycles. The van der Waals surface area contributed by atoms with Gasteiger partial charge in [-0.3, -0.25) is 9.59 Å². The highest BCUT2D eigenvalue weighted by atomic mass is 32.2. The zero-order valence-electron chi connectivity index (χ0n) is 15.6. The van der Waals surface area contributed by atoms with Gasteiger partial charge in [-0.25, -0.2) is 0 Å². The van der Waals surface area contributed by atoms with Crippen LogP contribution in [-0.2, 0) is 4.79 Å². The molecule has 0 spiro atoms. The number of thioether (sulfide) groups is 1.